The van der Waals surface area contributed by atoms with Crippen molar-refractivity contribution in [2.24, 2.45) is 5.92 Å². The Balaban J connectivity index is 2.03. The van der Waals surface area contributed by atoms with Gasteiger partial charge in [-0.25, -0.2) is 0 Å². The monoisotopic (exact) mass is 205 g/mol. The van der Waals surface area contributed by atoms with Crippen LogP contribution < -0.4 is 5.32 Å². The lowest BCUT2D eigenvalue weighted by Crippen LogP contribution is -2.28. The second-order valence-electron chi connectivity index (χ2n) is 5.06. The first-order valence-electron chi connectivity index (χ1n) is 6.05. The molecule has 0 bridgehead atoms. The molecule has 2 aliphatic carbocycles. The van der Waals surface area contributed by atoms with E-state index >= 15 is 0 Å². The summed E-state index contributed by atoms with van der Waals surface area (Å²) in [6.45, 7) is 2.34. The predicted molar refractivity (Wildman–Crippen MR) is 59.8 cm³/mol. The second kappa shape index (κ2) is 3.34. The third kappa shape index (κ3) is 1.41. The summed E-state index contributed by atoms with van der Waals surface area (Å²) in [4.78, 5) is 0. The van der Waals surface area contributed by atoms with Gasteiger partial charge in [0.25, 0.3) is 0 Å². The van der Waals surface area contributed by atoms with Crippen molar-refractivity contribution in [3.8, 4) is 0 Å². The molecule has 0 amide bonds. The summed E-state index contributed by atoms with van der Waals surface area (Å²) in [5.74, 6) is 1.49. The molecule has 2 N–H and O–H groups in total. The molecule has 3 heteroatoms. The SMILES string of the molecule is CNC1c2c(C3CC3)n[nH]c2CCC1C. The number of aromatic amines is 1. The van der Waals surface area contributed by atoms with Crippen molar-refractivity contribution in [2.75, 3.05) is 7.05 Å². The van der Waals surface area contributed by atoms with Crippen LogP contribution in [0.4, 0.5) is 0 Å². The van der Waals surface area contributed by atoms with Gasteiger partial charge in [0.05, 0.1) is 5.69 Å². The second-order valence-corrected chi connectivity index (χ2v) is 5.06. The fraction of sp³-hybridized carbons (Fsp3) is 0.750. The van der Waals surface area contributed by atoms with Crippen molar-refractivity contribution < 1.29 is 0 Å². The molecule has 3 nitrogen and oxygen atoms in total. The molecular weight excluding hydrogens is 186 g/mol. The average Bonchev–Trinajstić information content (AvgIpc) is 2.99. The number of hydrogen-bond acceptors (Lipinski definition) is 2. The lowest BCUT2D eigenvalue weighted by Gasteiger charge is -2.29. The van der Waals surface area contributed by atoms with Gasteiger partial charge in [-0.05, 0) is 38.6 Å². The largest absolute Gasteiger partial charge is 0.313 e. The van der Waals surface area contributed by atoms with Gasteiger partial charge in [-0.3, -0.25) is 5.10 Å². The van der Waals surface area contributed by atoms with E-state index in [2.05, 4.69) is 29.5 Å². The van der Waals surface area contributed by atoms with Gasteiger partial charge >= 0.3 is 0 Å². The number of rotatable bonds is 2. The predicted octanol–water partition coefficient (Wildman–Crippen LogP) is 2.13. The maximum absolute atomic E-state index is 4.53. The van der Waals surface area contributed by atoms with Crippen LogP contribution in [0.1, 0.15) is 55.1 Å². The molecule has 2 atom stereocenters. The van der Waals surface area contributed by atoms with Crippen LogP contribution in [0.3, 0.4) is 0 Å². The van der Waals surface area contributed by atoms with E-state index in [1.54, 1.807) is 0 Å². The maximum Gasteiger partial charge on any atom is 0.0703 e. The van der Waals surface area contributed by atoms with Gasteiger partial charge in [-0.15, -0.1) is 0 Å². The van der Waals surface area contributed by atoms with Gasteiger partial charge < -0.3 is 5.32 Å². The summed E-state index contributed by atoms with van der Waals surface area (Å²) in [7, 11) is 2.07. The zero-order valence-electron chi connectivity index (χ0n) is 9.51. The third-order valence-electron chi connectivity index (χ3n) is 3.92. The molecule has 2 unspecified atom stereocenters. The Labute approximate surface area is 90.7 Å². The highest BCUT2D eigenvalue weighted by atomic mass is 15.1. The Bertz CT molecular complexity index is 365. The molecule has 3 rings (SSSR count). The fourth-order valence-corrected chi connectivity index (χ4v) is 2.86. The molecule has 0 spiro atoms. The van der Waals surface area contributed by atoms with Crippen LogP contribution in [0.25, 0.3) is 0 Å². The molecule has 2 aliphatic rings. The third-order valence-corrected chi connectivity index (χ3v) is 3.92. The molecule has 1 saturated carbocycles. The number of fused-ring (bicyclic) bond motifs is 1. The fourth-order valence-electron chi connectivity index (χ4n) is 2.86. The number of aromatic nitrogens is 2. The van der Waals surface area contributed by atoms with Crippen molar-refractivity contribution in [3.63, 3.8) is 0 Å². The molecule has 1 heterocycles. The molecule has 0 saturated heterocycles. The van der Waals surface area contributed by atoms with E-state index in [1.807, 2.05) is 0 Å². The Kier molecular flexibility index (Phi) is 2.09. The molecule has 0 aliphatic heterocycles. The smallest absolute Gasteiger partial charge is 0.0703 e. The van der Waals surface area contributed by atoms with Crippen molar-refractivity contribution in [2.45, 2.75) is 44.6 Å². The summed E-state index contributed by atoms with van der Waals surface area (Å²) in [6, 6.07) is 0.517. The summed E-state index contributed by atoms with van der Waals surface area (Å²) >= 11 is 0. The summed E-state index contributed by atoms with van der Waals surface area (Å²) < 4.78 is 0. The van der Waals surface area contributed by atoms with E-state index in [0.29, 0.717) is 6.04 Å². The van der Waals surface area contributed by atoms with Crippen molar-refractivity contribution >= 4 is 0 Å². The van der Waals surface area contributed by atoms with Gasteiger partial charge in [-0.1, -0.05) is 6.92 Å². The molecule has 1 aromatic heterocycles. The van der Waals surface area contributed by atoms with Crippen molar-refractivity contribution in [1.29, 1.82) is 0 Å². The zero-order valence-corrected chi connectivity index (χ0v) is 9.51. The van der Waals surface area contributed by atoms with Crippen molar-refractivity contribution in [1.82, 2.24) is 15.5 Å². The van der Waals surface area contributed by atoms with E-state index in [-0.39, 0.29) is 0 Å². The Hall–Kier alpha value is -0.830. The highest BCUT2D eigenvalue weighted by molar-refractivity contribution is 5.36. The van der Waals surface area contributed by atoms with E-state index in [4.69, 9.17) is 0 Å². The minimum Gasteiger partial charge on any atom is -0.313 e. The van der Waals surface area contributed by atoms with Crippen LogP contribution in [-0.4, -0.2) is 17.2 Å². The van der Waals surface area contributed by atoms with Gasteiger partial charge in [0.2, 0.25) is 0 Å². The van der Waals surface area contributed by atoms with Crippen LogP contribution in [-0.2, 0) is 6.42 Å². The summed E-state index contributed by atoms with van der Waals surface area (Å²) in [5, 5.41) is 11.2. The highest BCUT2D eigenvalue weighted by Gasteiger charge is 2.36. The maximum atomic E-state index is 4.53. The Morgan fingerprint density at radius 1 is 1.33 bits per heavy atom. The van der Waals surface area contributed by atoms with Gasteiger partial charge in [0.15, 0.2) is 0 Å². The lowest BCUT2D eigenvalue weighted by molar-refractivity contribution is 0.361. The minimum absolute atomic E-state index is 0.517. The Morgan fingerprint density at radius 2 is 2.13 bits per heavy atom. The minimum atomic E-state index is 0.517. The highest BCUT2D eigenvalue weighted by Crippen LogP contribution is 2.45. The summed E-state index contributed by atoms with van der Waals surface area (Å²) in [5.41, 5.74) is 4.24. The van der Waals surface area contributed by atoms with Gasteiger partial charge in [0.1, 0.15) is 0 Å². The summed E-state index contributed by atoms with van der Waals surface area (Å²) in [6.07, 6.45) is 5.11. The van der Waals surface area contributed by atoms with E-state index in [1.165, 1.54) is 42.6 Å². The quantitative estimate of drug-likeness (QED) is 0.776. The molecule has 0 aromatic carbocycles. The van der Waals surface area contributed by atoms with Crippen LogP contribution in [0, 0.1) is 5.92 Å². The number of aryl methyl sites for hydroxylation is 1. The molecule has 1 aromatic rings. The lowest BCUT2D eigenvalue weighted by atomic mass is 9.82. The van der Waals surface area contributed by atoms with E-state index < -0.39 is 0 Å². The first-order valence-corrected chi connectivity index (χ1v) is 6.05. The first kappa shape index (κ1) is 9.40. The normalized spacial score (nSPS) is 30.3. The van der Waals surface area contributed by atoms with Gasteiger partial charge in [0, 0.05) is 23.2 Å². The van der Waals surface area contributed by atoms with Crippen LogP contribution >= 0.6 is 0 Å². The van der Waals surface area contributed by atoms with Crippen LogP contribution in [0.5, 0.6) is 0 Å². The standard InChI is InChI=1S/C12H19N3/c1-7-3-6-9-10(11(7)13-2)12(15-14-9)8-4-5-8/h7-8,11,13H,3-6H2,1-2H3,(H,14,15). The number of nitrogens with one attached hydrogen (secondary N) is 2. The average molecular weight is 205 g/mol. The number of H-pyrrole nitrogens is 1. The van der Waals surface area contributed by atoms with E-state index in [9.17, 15) is 0 Å². The molecule has 82 valence electrons. The zero-order chi connectivity index (χ0) is 10.4. The molecule has 0 radical (unpaired) electrons. The number of hydrogen-bond donors (Lipinski definition) is 2. The molecule has 15 heavy (non-hydrogen) atoms. The molecular formula is C12H19N3. The Morgan fingerprint density at radius 3 is 2.80 bits per heavy atom. The van der Waals surface area contributed by atoms with E-state index in [0.717, 1.165) is 11.8 Å². The van der Waals surface area contributed by atoms with Gasteiger partial charge in [-0.2, -0.15) is 5.10 Å². The van der Waals surface area contributed by atoms with Crippen LogP contribution in [0.15, 0.2) is 0 Å². The topological polar surface area (TPSA) is 40.7 Å². The van der Waals surface area contributed by atoms with Crippen LogP contribution in [0.2, 0.25) is 0 Å². The van der Waals surface area contributed by atoms with Crippen molar-refractivity contribution in [3.05, 3.63) is 17.0 Å². The number of nitrogens with zero attached hydrogens (tertiary/aromatic N) is 1. The first-order chi connectivity index (χ1) is 7.31. The molecule has 1 fully saturated rings.